The van der Waals surface area contributed by atoms with Crippen molar-refractivity contribution in [3.05, 3.63) is 34.2 Å². The summed E-state index contributed by atoms with van der Waals surface area (Å²) in [5.74, 6) is 0. The van der Waals surface area contributed by atoms with E-state index in [4.69, 9.17) is 0 Å². The van der Waals surface area contributed by atoms with E-state index >= 15 is 0 Å². The second kappa shape index (κ2) is 5.67. The highest BCUT2D eigenvalue weighted by molar-refractivity contribution is 9.10. The zero-order valence-electron chi connectivity index (χ0n) is 11.6. The van der Waals surface area contributed by atoms with Crippen LogP contribution < -0.4 is 0 Å². The van der Waals surface area contributed by atoms with Crippen LogP contribution in [-0.4, -0.2) is 20.3 Å². The molecule has 2 aromatic heterocycles. The molecule has 102 valence electrons. The summed E-state index contributed by atoms with van der Waals surface area (Å²) in [6, 6.07) is 2.12. The fourth-order valence-electron chi connectivity index (χ4n) is 1.62. The lowest BCUT2D eigenvalue weighted by Crippen LogP contribution is -2.04. The van der Waals surface area contributed by atoms with Crippen molar-refractivity contribution in [3.8, 4) is 0 Å². The summed E-state index contributed by atoms with van der Waals surface area (Å²) in [4.78, 5) is 4.56. The molecule has 19 heavy (non-hydrogen) atoms. The Labute approximate surface area is 126 Å². The number of halogens is 1. The van der Waals surface area contributed by atoms with Crippen molar-refractivity contribution >= 4 is 39.7 Å². The first-order valence-electron chi connectivity index (χ1n) is 6.28. The molecule has 0 aliphatic heterocycles. The lowest BCUT2D eigenvalue weighted by atomic mass is 10.2. The van der Waals surface area contributed by atoms with Gasteiger partial charge in [0.1, 0.15) is 5.69 Å². The maximum atomic E-state index is 4.56. The van der Waals surface area contributed by atoms with E-state index in [1.165, 1.54) is 5.56 Å². The third-order valence-electron chi connectivity index (χ3n) is 2.50. The van der Waals surface area contributed by atoms with Crippen LogP contribution in [0.5, 0.6) is 0 Å². The lowest BCUT2D eigenvalue weighted by molar-refractivity contribution is 0.804. The quantitative estimate of drug-likeness (QED) is 0.607. The largest absolute Gasteiger partial charge is 0.305 e. The Morgan fingerprint density at radius 1 is 1.42 bits per heavy atom. The number of nitrogens with zero attached hydrogens (tertiary/aromatic N) is 3. The van der Waals surface area contributed by atoms with E-state index in [2.05, 4.69) is 65.3 Å². The van der Waals surface area contributed by atoms with Crippen LogP contribution >= 0.6 is 27.9 Å². The zero-order chi connectivity index (χ0) is 14.0. The number of aromatic nitrogens is 2. The van der Waals surface area contributed by atoms with Gasteiger partial charge in [0.25, 0.3) is 0 Å². The van der Waals surface area contributed by atoms with Gasteiger partial charge >= 0.3 is 0 Å². The van der Waals surface area contributed by atoms with Crippen molar-refractivity contribution < 1.29 is 0 Å². The molecular formula is C14H18BrN3S. The molecule has 5 heteroatoms. The van der Waals surface area contributed by atoms with Crippen molar-refractivity contribution in [1.29, 1.82) is 0 Å². The molecule has 0 bridgehead atoms. The molecule has 0 saturated carbocycles. The van der Waals surface area contributed by atoms with Crippen molar-refractivity contribution in [2.45, 2.75) is 38.9 Å². The summed E-state index contributed by atoms with van der Waals surface area (Å²) < 4.78 is 7.58. The van der Waals surface area contributed by atoms with Gasteiger partial charge in [-0.25, -0.2) is 9.38 Å². The van der Waals surface area contributed by atoms with Gasteiger partial charge < -0.3 is 4.40 Å². The molecule has 0 atom stereocenters. The molecule has 0 saturated heterocycles. The summed E-state index contributed by atoms with van der Waals surface area (Å²) in [6.07, 6.45) is 6.95. The molecule has 2 rings (SSSR count). The van der Waals surface area contributed by atoms with Gasteiger partial charge in [-0.2, -0.15) is 0 Å². The molecule has 0 unspecified atom stereocenters. The Bertz CT molecular complexity index is 611. The van der Waals surface area contributed by atoms with Crippen molar-refractivity contribution in [2.24, 2.45) is 4.40 Å². The monoisotopic (exact) mass is 339 g/mol. The smallest absolute Gasteiger partial charge is 0.151 e. The van der Waals surface area contributed by atoms with Crippen LogP contribution in [0, 0.1) is 0 Å². The molecule has 0 aromatic carbocycles. The van der Waals surface area contributed by atoms with Gasteiger partial charge in [0.15, 0.2) is 5.65 Å². The predicted octanol–water partition coefficient (Wildman–Crippen LogP) is 4.52. The zero-order valence-corrected chi connectivity index (χ0v) is 14.0. The standard InChI is InChI=1S/C14H18BrN3S/c1-5-10-6-12(15)13-17-11(9-18(13)8-10)7-16-19-14(2,3)4/h6-9H,5H2,1-4H3/b16-7+. The number of fused-ring (bicyclic) bond motifs is 1. The molecular weight excluding hydrogens is 322 g/mol. The fraction of sp³-hybridized carbons (Fsp3) is 0.429. The predicted molar refractivity (Wildman–Crippen MR) is 87.2 cm³/mol. The fourth-order valence-corrected chi connectivity index (χ4v) is 2.69. The van der Waals surface area contributed by atoms with Crippen LogP contribution in [0.3, 0.4) is 0 Å². The molecule has 3 nitrogen and oxygen atoms in total. The summed E-state index contributed by atoms with van der Waals surface area (Å²) in [5.41, 5.74) is 3.09. The van der Waals surface area contributed by atoms with Crippen LogP contribution in [0.4, 0.5) is 0 Å². The maximum Gasteiger partial charge on any atom is 0.151 e. The SMILES string of the molecule is CCc1cc(Br)c2nc(/C=N/SC(C)(C)C)cn2c1. The Balaban J connectivity index is 2.29. The van der Waals surface area contributed by atoms with Gasteiger partial charge in [-0.05, 0) is 66.7 Å². The van der Waals surface area contributed by atoms with Crippen LogP contribution in [0.15, 0.2) is 27.3 Å². The number of aryl methyl sites for hydroxylation is 1. The first kappa shape index (κ1) is 14.6. The average molecular weight is 340 g/mol. The van der Waals surface area contributed by atoms with E-state index in [1.807, 2.05) is 16.8 Å². The molecule has 0 N–H and O–H groups in total. The molecule has 2 aromatic rings. The minimum absolute atomic E-state index is 0.131. The van der Waals surface area contributed by atoms with Crippen molar-refractivity contribution in [3.63, 3.8) is 0 Å². The van der Waals surface area contributed by atoms with E-state index in [9.17, 15) is 0 Å². The molecule has 2 heterocycles. The van der Waals surface area contributed by atoms with Crippen LogP contribution in [0.2, 0.25) is 0 Å². The number of imidazole rings is 1. The van der Waals surface area contributed by atoms with Crippen LogP contribution in [0.1, 0.15) is 39.0 Å². The number of rotatable bonds is 3. The third kappa shape index (κ3) is 3.83. The van der Waals surface area contributed by atoms with E-state index in [-0.39, 0.29) is 4.75 Å². The minimum Gasteiger partial charge on any atom is -0.305 e. The van der Waals surface area contributed by atoms with E-state index in [0.29, 0.717) is 0 Å². The second-order valence-electron chi connectivity index (χ2n) is 5.38. The highest BCUT2D eigenvalue weighted by Gasteiger charge is 2.10. The van der Waals surface area contributed by atoms with Crippen LogP contribution in [-0.2, 0) is 6.42 Å². The normalized spacial score (nSPS) is 12.7. The minimum atomic E-state index is 0.131. The summed E-state index contributed by atoms with van der Waals surface area (Å²) in [5, 5.41) is 0. The van der Waals surface area contributed by atoms with Crippen LogP contribution in [0.25, 0.3) is 5.65 Å². The van der Waals surface area contributed by atoms with Crippen molar-refractivity contribution in [2.75, 3.05) is 0 Å². The molecule has 0 fully saturated rings. The average Bonchev–Trinajstić information content (AvgIpc) is 2.70. The van der Waals surface area contributed by atoms with Gasteiger partial charge in [-0.15, -0.1) is 0 Å². The first-order chi connectivity index (χ1) is 8.89. The number of pyridine rings is 1. The molecule has 0 radical (unpaired) electrons. The Hall–Kier alpha value is -0.810. The van der Waals surface area contributed by atoms with E-state index in [0.717, 1.165) is 22.2 Å². The Morgan fingerprint density at radius 2 is 2.16 bits per heavy atom. The molecule has 0 spiro atoms. The van der Waals surface area contributed by atoms with Gasteiger partial charge in [-0.1, -0.05) is 6.92 Å². The first-order valence-corrected chi connectivity index (χ1v) is 7.84. The van der Waals surface area contributed by atoms with E-state index in [1.54, 1.807) is 11.9 Å². The summed E-state index contributed by atoms with van der Waals surface area (Å²) in [6.45, 7) is 8.57. The Kier molecular flexibility index (Phi) is 4.36. The topological polar surface area (TPSA) is 29.7 Å². The summed E-state index contributed by atoms with van der Waals surface area (Å²) in [7, 11) is 0. The highest BCUT2D eigenvalue weighted by Crippen LogP contribution is 2.24. The second-order valence-corrected chi connectivity index (χ2v) is 7.86. The maximum absolute atomic E-state index is 4.56. The third-order valence-corrected chi connectivity index (χ3v) is 3.84. The van der Waals surface area contributed by atoms with Gasteiger partial charge in [0.05, 0.1) is 10.7 Å². The number of hydrogen-bond donors (Lipinski definition) is 0. The molecule has 0 aliphatic rings. The number of hydrogen-bond acceptors (Lipinski definition) is 3. The van der Waals surface area contributed by atoms with E-state index < -0.39 is 0 Å². The van der Waals surface area contributed by atoms with Crippen molar-refractivity contribution in [1.82, 2.24) is 9.38 Å². The molecule has 0 amide bonds. The van der Waals surface area contributed by atoms with Gasteiger partial charge in [-0.3, -0.25) is 0 Å². The van der Waals surface area contributed by atoms with Gasteiger partial charge in [0, 0.05) is 17.1 Å². The summed E-state index contributed by atoms with van der Waals surface area (Å²) >= 11 is 5.13. The van der Waals surface area contributed by atoms with Gasteiger partial charge in [0.2, 0.25) is 0 Å². The molecule has 0 aliphatic carbocycles. The Morgan fingerprint density at radius 3 is 2.79 bits per heavy atom. The highest BCUT2D eigenvalue weighted by atomic mass is 79.9. The lowest BCUT2D eigenvalue weighted by Gasteiger charge is -2.11.